The van der Waals surface area contributed by atoms with Crippen molar-refractivity contribution in [1.29, 1.82) is 0 Å². The van der Waals surface area contributed by atoms with Crippen LogP contribution in [0.3, 0.4) is 0 Å². The highest BCUT2D eigenvalue weighted by Gasteiger charge is 2.19. The topological polar surface area (TPSA) is 93.4 Å². The molecule has 0 bridgehead atoms. The van der Waals surface area contributed by atoms with Gasteiger partial charge in [-0.2, -0.15) is 4.98 Å². The second-order valence-corrected chi connectivity index (χ2v) is 5.36. The van der Waals surface area contributed by atoms with E-state index in [9.17, 15) is 14.5 Å². The van der Waals surface area contributed by atoms with Crippen molar-refractivity contribution in [1.82, 2.24) is 9.97 Å². The molecule has 1 aliphatic rings. The van der Waals surface area contributed by atoms with Gasteiger partial charge in [-0.3, -0.25) is 10.1 Å². The second kappa shape index (κ2) is 6.93. The summed E-state index contributed by atoms with van der Waals surface area (Å²) in [6, 6.07) is 3.22. The molecule has 0 unspecified atom stereocenters. The molecule has 8 nitrogen and oxygen atoms in total. The normalized spacial score (nSPS) is 14.5. The van der Waals surface area contributed by atoms with E-state index in [1.807, 2.05) is 4.90 Å². The molecule has 10 heteroatoms. The molecular formula is C14H13ClFN5O3. The van der Waals surface area contributed by atoms with Gasteiger partial charge in [0.25, 0.3) is 5.69 Å². The van der Waals surface area contributed by atoms with Crippen molar-refractivity contribution in [2.24, 2.45) is 0 Å². The maximum Gasteiger partial charge on any atom is 0.271 e. The van der Waals surface area contributed by atoms with Crippen LogP contribution < -0.4 is 10.2 Å². The largest absolute Gasteiger partial charge is 0.378 e. The fourth-order valence-corrected chi connectivity index (χ4v) is 2.47. The third-order valence-corrected chi connectivity index (χ3v) is 3.69. The first-order valence-electron chi connectivity index (χ1n) is 7.11. The van der Waals surface area contributed by atoms with Gasteiger partial charge < -0.3 is 15.0 Å². The summed E-state index contributed by atoms with van der Waals surface area (Å²) in [5, 5.41) is 13.6. The maximum absolute atomic E-state index is 14.0. The van der Waals surface area contributed by atoms with Crippen LogP contribution in [-0.2, 0) is 4.74 Å². The Morgan fingerprint density at radius 3 is 2.83 bits per heavy atom. The van der Waals surface area contributed by atoms with Gasteiger partial charge in [0.1, 0.15) is 5.82 Å². The van der Waals surface area contributed by atoms with Crippen molar-refractivity contribution in [3.8, 4) is 0 Å². The molecule has 0 radical (unpaired) electrons. The van der Waals surface area contributed by atoms with E-state index in [2.05, 4.69) is 15.3 Å². The minimum Gasteiger partial charge on any atom is -0.378 e. The Labute approximate surface area is 141 Å². The summed E-state index contributed by atoms with van der Waals surface area (Å²) in [5.74, 6) is -0.362. The van der Waals surface area contributed by atoms with Crippen molar-refractivity contribution < 1.29 is 14.1 Å². The Balaban J connectivity index is 1.96. The standard InChI is InChI=1S/C14H13ClFN5O3/c15-14-17-8-12(20-3-5-24-6-4-20)13(19-14)18-11-7-9(21(22)23)1-2-10(11)16/h1-2,7-8H,3-6H2,(H,17,18,19). The quantitative estimate of drug-likeness (QED) is 0.513. The Hall–Kier alpha value is -2.52. The first kappa shape index (κ1) is 16.3. The molecule has 1 aliphatic heterocycles. The molecule has 1 fully saturated rings. The van der Waals surface area contributed by atoms with E-state index < -0.39 is 10.7 Å². The predicted octanol–water partition coefficient (Wildman–Crippen LogP) is 2.76. The van der Waals surface area contributed by atoms with Gasteiger partial charge >= 0.3 is 0 Å². The zero-order valence-electron chi connectivity index (χ0n) is 12.4. The van der Waals surface area contributed by atoms with E-state index >= 15 is 0 Å². The van der Waals surface area contributed by atoms with Gasteiger partial charge in [-0.15, -0.1) is 0 Å². The van der Waals surface area contributed by atoms with Crippen LogP contribution in [0.4, 0.5) is 27.3 Å². The molecular weight excluding hydrogens is 341 g/mol. The van der Waals surface area contributed by atoms with Crippen molar-refractivity contribution in [2.45, 2.75) is 0 Å². The number of anilines is 3. The summed E-state index contributed by atoms with van der Waals surface area (Å²) in [6.07, 6.45) is 1.53. The molecule has 2 aromatic rings. The second-order valence-electron chi connectivity index (χ2n) is 5.02. The van der Waals surface area contributed by atoms with Crippen molar-refractivity contribution in [3.63, 3.8) is 0 Å². The van der Waals surface area contributed by atoms with Crippen molar-refractivity contribution in [3.05, 3.63) is 45.6 Å². The Bertz CT molecular complexity index is 770. The number of rotatable bonds is 4. The van der Waals surface area contributed by atoms with E-state index in [-0.39, 0.29) is 22.5 Å². The van der Waals surface area contributed by atoms with E-state index in [4.69, 9.17) is 16.3 Å². The highest BCUT2D eigenvalue weighted by molar-refractivity contribution is 6.28. The van der Waals surface area contributed by atoms with Gasteiger partial charge in [-0.05, 0) is 17.7 Å². The molecule has 126 valence electrons. The summed E-state index contributed by atoms with van der Waals surface area (Å²) < 4.78 is 19.3. The lowest BCUT2D eigenvalue weighted by Gasteiger charge is -2.29. The smallest absolute Gasteiger partial charge is 0.271 e. The highest BCUT2D eigenvalue weighted by Crippen LogP contribution is 2.30. The average molecular weight is 354 g/mol. The molecule has 1 N–H and O–H groups in total. The number of aromatic nitrogens is 2. The number of benzene rings is 1. The number of nitrogens with one attached hydrogen (secondary N) is 1. The fraction of sp³-hybridized carbons (Fsp3) is 0.286. The summed E-state index contributed by atoms with van der Waals surface area (Å²) in [5.41, 5.74) is 0.328. The lowest BCUT2D eigenvalue weighted by Crippen LogP contribution is -2.36. The predicted molar refractivity (Wildman–Crippen MR) is 86.4 cm³/mol. The number of non-ortho nitro benzene ring substituents is 1. The number of hydrogen-bond donors (Lipinski definition) is 1. The van der Waals surface area contributed by atoms with Crippen molar-refractivity contribution in [2.75, 3.05) is 36.5 Å². The molecule has 1 saturated heterocycles. The lowest BCUT2D eigenvalue weighted by molar-refractivity contribution is -0.384. The van der Waals surface area contributed by atoms with Gasteiger partial charge in [-0.1, -0.05) is 0 Å². The van der Waals surface area contributed by atoms with Gasteiger partial charge in [0.2, 0.25) is 5.28 Å². The zero-order chi connectivity index (χ0) is 17.1. The molecule has 3 rings (SSSR count). The van der Waals surface area contributed by atoms with Crippen molar-refractivity contribution >= 4 is 34.5 Å². The van der Waals surface area contributed by atoms with Crippen LogP contribution in [-0.4, -0.2) is 41.2 Å². The third kappa shape index (κ3) is 3.52. The first-order valence-corrected chi connectivity index (χ1v) is 7.48. The minimum absolute atomic E-state index is 0.0136. The van der Waals surface area contributed by atoms with Gasteiger partial charge in [0, 0.05) is 25.2 Å². The van der Waals surface area contributed by atoms with E-state index in [1.54, 1.807) is 0 Å². The number of nitro groups is 1. The molecule has 0 spiro atoms. The SMILES string of the molecule is O=[N+]([O-])c1ccc(F)c(Nc2nc(Cl)ncc2N2CCOCC2)c1. The molecule has 2 heterocycles. The number of nitro benzene ring substituents is 1. The molecule has 0 atom stereocenters. The van der Waals surface area contributed by atoms with E-state index in [1.165, 1.54) is 6.20 Å². The molecule has 1 aromatic carbocycles. The molecule has 0 saturated carbocycles. The Kier molecular flexibility index (Phi) is 4.72. The number of hydrogen-bond acceptors (Lipinski definition) is 7. The van der Waals surface area contributed by atoms with Gasteiger partial charge in [0.05, 0.1) is 35.7 Å². The summed E-state index contributed by atoms with van der Waals surface area (Å²) in [7, 11) is 0. The average Bonchev–Trinajstić information content (AvgIpc) is 2.57. The van der Waals surface area contributed by atoms with Gasteiger partial charge in [0.15, 0.2) is 5.82 Å². The van der Waals surface area contributed by atoms with Crippen LogP contribution in [0.1, 0.15) is 0 Å². The number of morpholine rings is 1. The number of ether oxygens (including phenoxy) is 1. The van der Waals surface area contributed by atoms with Gasteiger partial charge in [-0.25, -0.2) is 9.37 Å². The molecule has 0 amide bonds. The Morgan fingerprint density at radius 2 is 2.12 bits per heavy atom. The molecule has 24 heavy (non-hydrogen) atoms. The van der Waals surface area contributed by atoms with Crippen LogP contribution in [0.25, 0.3) is 0 Å². The van der Waals surface area contributed by atoms with Crippen LogP contribution in [0, 0.1) is 15.9 Å². The molecule has 0 aliphatic carbocycles. The minimum atomic E-state index is -0.636. The number of nitrogens with zero attached hydrogens (tertiary/aromatic N) is 4. The lowest BCUT2D eigenvalue weighted by atomic mass is 10.2. The zero-order valence-corrected chi connectivity index (χ0v) is 13.2. The van der Waals surface area contributed by atoms with Crippen LogP contribution in [0.5, 0.6) is 0 Å². The summed E-state index contributed by atoms with van der Waals surface area (Å²) >= 11 is 5.84. The van der Waals surface area contributed by atoms with E-state index in [0.717, 1.165) is 18.2 Å². The molecule has 1 aromatic heterocycles. The van der Waals surface area contributed by atoms with Crippen LogP contribution in [0.15, 0.2) is 24.4 Å². The third-order valence-electron chi connectivity index (χ3n) is 3.51. The summed E-state index contributed by atoms with van der Waals surface area (Å²) in [4.78, 5) is 20.3. The highest BCUT2D eigenvalue weighted by atomic mass is 35.5. The monoisotopic (exact) mass is 353 g/mol. The summed E-state index contributed by atoms with van der Waals surface area (Å²) in [6.45, 7) is 2.34. The van der Waals surface area contributed by atoms with Crippen LogP contribution >= 0.6 is 11.6 Å². The Morgan fingerprint density at radius 1 is 1.38 bits per heavy atom. The maximum atomic E-state index is 14.0. The fourth-order valence-electron chi connectivity index (χ4n) is 2.33. The first-order chi connectivity index (χ1) is 11.5. The van der Waals surface area contributed by atoms with Crippen LogP contribution in [0.2, 0.25) is 5.28 Å². The number of halogens is 2. The van der Waals surface area contributed by atoms with E-state index in [0.29, 0.717) is 32.0 Å².